The van der Waals surface area contributed by atoms with E-state index in [2.05, 4.69) is 43.5 Å². The lowest BCUT2D eigenvalue weighted by molar-refractivity contribution is 0.302. The first-order chi connectivity index (χ1) is 9.27. The first-order valence-electron chi connectivity index (χ1n) is 6.82. The van der Waals surface area contributed by atoms with Gasteiger partial charge in [-0.2, -0.15) is 0 Å². The van der Waals surface area contributed by atoms with Crippen LogP contribution in [0.15, 0.2) is 53.1 Å². The van der Waals surface area contributed by atoms with E-state index in [1.807, 2.05) is 18.2 Å². The van der Waals surface area contributed by atoms with Crippen molar-refractivity contribution in [3.63, 3.8) is 0 Å². The molecule has 3 nitrogen and oxygen atoms in total. The summed E-state index contributed by atoms with van der Waals surface area (Å²) in [6.45, 7) is 4.46. The lowest BCUT2D eigenvalue weighted by Crippen LogP contribution is -2.34. The minimum absolute atomic E-state index is 0.00708. The van der Waals surface area contributed by atoms with E-state index in [-0.39, 0.29) is 6.04 Å². The van der Waals surface area contributed by atoms with Crippen molar-refractivity contribution in [2.24, 2.45) is 11.8 Å². The Morgan fingerprint density at radius 1 is 1.16 bits per heavy atom. The molecule has 1 heterocycles. The smallest absolute Gasteiger partial charge is 0.122 e. The highest BCUT2D eigenvalue weighted by molar-refractivity contribution is 5.24. The van der Waals surface area contributed by atoms with Crippen LogP contribution in [0.2, 0.25) is 0 Å². The van der Waals surface area contributed by atoms with Gasteiger partial charge in [0, 0.05) is 5.92 Å². The van der Waals surface area contributed by atoms with Crippen molar-refractivity contribution in [2.45, 2.75) is 32.2 Å². The molecule has 0 aliphatic rings. The molecule has 3 N–H and O–H groups in total. The fraction of sp³-hybridized carbons (Fsp3) is 0.375. The predicted molar refractivity (Wildman–Crippen MR) is 77.4 cm³/mol. The van der Waals surface area contributed by atoms with Crippen LogP contribution in [0.1, 0.15) is 43.6 Å². The molecule has 0 aliphatic heterocycles. The fourth-order valence-corrected chi connectivity index (χ4v) is 2.61. The Morgan fingerprint density at radius 2 is 1.89 bits per heavy atom. The quantitative estimate of drug-likeness (QED) is 0.614. The molecular formula is C16H22N2O. The van der Waals surface area contributed by atoms with E-state index in [4.69, 9.17) is 10.3 Å². The molecule has 0 aliphatic carbocycles. The van der Waals surface area contributed by atoms with Gasteiger partial charge in [0.2, 0.25) is 0 Å². The maximum atomic E-state index is 5.78. The van der Waals surface area contributed by atoms with E-state index in [1.54, 1.807) is 6.26 Å². The second-order valence-corrected chi connectivity index (χ2v) is 4.98. The Bertz CT molecular complexity index is 467. The average Bonchev–Trinajstić information content (AvgIpc) is 2.98. The van der Waals surface area contributed by atoms with Gasteiger partial charge in [0.25, 0.3) is 0 Å². The van der Waals surface area contributed by atoms with Crippen LogP contribution in [-0.4, -0.2) is 0 Å². The molecule has 0 bridgehead atoms. The van der Waals surface area contributed by atoms with Gasteiger partial charge < -0.3 is 4.42 Å². The van der Waals surface area contributed by atoms with Gasteiger partial charge in [-0.25, -0.2) is 5.43 Å². The summed E-state index contributed by atoms with van der Waals surface area (Å²) >= 11 is 0. The number of rotatable bonds is 6. The molecule has 0 fully saturated rings. The monoisotopic (exact) mass is 258 g/mol. The summed E-state index contributed by atoms with van der Waals surface area (Å²) in [7, 11) is 0. The van der Waals surface area contributed by atoms with Crippen molar-refractivity contribution in [2.75, 3.05) is 0 Å². The molecule has 0 amide bonds. The van der Waals surface area contributed by atoms with Gasteiger partial charge in [-0.1, -0.05) is 50.6 Å². The van der Waals surface area contributed by atoms with Crippen LogP contribution in [0.5, 0.6) is 0 Å². The molecule has 2 aromatic rings. The lowest BCUT2D eigenvalue weighted by atomic mass is 9.79. The van der Waals surface area contributed by atoms with E-state index < -0.39 is 0 Å². The van der Waals surface area contributed by atoms with Crippen LogP contribution in [0.25, 0.3) is 0 Å². The minimum Gasteiger partial charge on any atom is -0.468 e. The highest BCUT2D eigenvalue weighted by atomic mass is 16.3. The van der Waals surface area contributed by atoms with Crippen molar-refractivity contribution < 1.29 is 4.42 Å². The lowest BCUT2D eigenvalue weighted by Gasteiger charge is -2.30. The number of benzene rings is 1. The number of hydrazine groups is 1. The molecule has 2 rings (SSSR count). The molecular weight excluding hydrogens is 236 g/mol. The Kier molecular flexibility index (Phi) is 4.77. The maximum absolute atomic E-state index is 5.78. The zero-order chi connectivity index (χ0) is 13.7. The summed E-state index contributed by atoms with van der Waals surface area (Å²) in [5, 5.41) is 0. The molecule has 19 heavy (non-hydrogen) atoms. The van der Waals surface area contributed by atoms with Gasteiger partial charge >= 0.3 is 0 Å². The van der Waals surface area contributed by atoms with Crippen molar-refractivity contribution in [3.05, 3.63) is 60.1 Å². The third kappa shape index (κ3) is 3.06. The molecule has 1 aromatic carbocycles. The normalized spacial score (nSPS) is 15.9. The van der Waals surface area contributed by atoms with E-state index in [1.165, 1.54) is 5.56 Å². The van der Waals surface area contributed by atoms with Crippen molar-refractivity contribution in [1.82, 2.24) is 5.43 Å². The minimum atomic E-state index is -0.00708. The molecule has 3 atom stereocenters. The summed E-state index contributed by atoms with van der Waals surface area (Å²) in [5.74, 6) is 7.47. The number of hydrogen-bond donors (Lipinski definition) is 2. The summed E-state index contributed by atoms with van der Waals surface area (Å²) in [6.07, 6.45) is 2.79. The number of nitrogens with one attached hydrogen (secondary N) is 1. The fourth-order valence-electron chi connectivity index (χ4n) is 2.61. The van der Waals surface area contributed by atoms with Gasteiger partial charge in [0.15, 0.2) is 0 Å². The van der Waals surface area contributed by atoms with Crippen molar-refractivity contribution in [3.8, 4) is 0 Å². The third-order valence-corrected chi connectivity index (χ3v) is 3.83. The average molecular weight is 258 g/mol. The topological polar surface area (TPSA) is 51.2 Å². The van der Waals surface area contributed by atoms with E-state index >= 15 is 0 Å². The predicted octanol–water partition coefficient (Wildman–Crippen LogP) is 3.61. The summed E-state index contributed by atoms with van der Waals surface area (Å²) in [5.41, 5.74) is 4.21. The van der Waals surface area contributed by atoms with Crippen LogP contribution in [-0.2, 0) is 0 Å². The zero-order valence-electron chi connectivity index (χ0n) is 11.5. The number of nitrogens with two attached hydrogens (primary N) is 1. The van der Waals surface area contributed by atoms with Crippen LogP contribution in [0, 0.1) is 5.92 Å². The zero-order valence-corrected chi connectivity index (χ0v) is 11.5. The van der Waals surface area contributed by atoms with E-state index in [9.17, 15) is 0 Å². The van der Waals surface area contributed by atoms with Crippen LogP contribution in [0.3, 0.4) is 0 Å². The second-order valence-electron chi connectivity index (χ2n) is 4.98. The standard InChI is InChI=1S/C16H22N2O/c1-3-12(2)15(13-8-5-4-6-9-13)16(18-17)14-10-7-11-19-14/h4-12,15-16,18H,3,17H2,1-2H3. The largest absolute Gasteiger partial charge is 0.468 e. The van der Waals surface area contributed by atoms with Crippen LogP contribution in [0.4, 0.5) is 0 Å². The Morgan fingerprint density at radius 3 is 2.42 bits per heavy atom. The summed E-state index contributed by atoms with van der Waals surface area (Å²) in [4.78, 5) is 0. The molecule has 0 saturated heterocycles. The Balaban J connectivity index is 2.37. The van der Waals surface area contributed by atoms with Crippen molar-refractivity contribution >= 4 is 0 Å². The molecule has 102 valence electrons. The van der Waals surface area contributed by atoms with Crippen LogP contribution < -0.4 is 11.3 Å². The highest BCUT2D eigenvalue weighted by Crippen LogP contribution is 2.38. The maximum Gasteiger partial charge on any atom is 0.122 e. The first-order valence-corrected chi connectivity index (χ1v) is 6.82. The molecule has 0 radical (unpaired) electrons. The molecule has 0 spiro atoms. The van der Waals surface area contributed by atoms with Gasteiger partial charge in [-0.15, -0.1) is 0 Å². The third-order valence-electron chi connectivity index (χ3n) is 3.83. The van der Waals surface area contributed by atoms with Crippen LogP contribution >= 0.6 is 0 Å². The summed E-state index contributed by atoms with van der Waals surface area (Å²) in [6, 6.07) is 14.4. The van der Waals surface area contributed by atoms with Gasteiger partial charge in [0.1, 0.15) is 5.76 Å². The first kappa shape index (κ1) is 13.8. The molecule has 3 heteroatoms. The SMILES string of the molecule is CCC(C)C(c1ccccc1)C(NN)c1ccco1. The van der Waals surface area contributed by atoms with Gasteiger partial charge in [-0.05, 0) is 23.6 Å². The number of furan rings is 1. The molecule has 3 unspecified atom stereocenters. The summed E-state index contributed by atoms with van der Waals surface area (Å²) < 4.78 is 5.54. The number of hydrogen-bond acceptors (Lipinski definition) is 3. The second kappa shape index (κ2) is 6.55. The van der Waals surface area contributed by atoms with E-state index in [0.29, 0.717) is 11.8 Å². The highest BCUT2D eigenvalue weighted by Gasteiger charge is 2.29. The van der Waals surface area contributed by atoms with Gasteiger partial charge in [-0.3, -0.25) is 5.84 Å². The Labute approximate surface area is 114 Å². The Hall–Kier alpha value is -1.58. The van der Waals surface area contributed by atoms with Crippen molar-refractivity contribution in [1.29, 1.82) is 0 Å². The van der Waals surface area contributed by atoms with Gasteiger partial charge in [0.05, 0.1) is 12.3 Å². The molecule has 1 aromatic heterocycles. The molecule has 0 saturated carbocycles. The van der Waals surface area contributed by atoms with E-state index in [0.717, 1.165) is 12.2 Å².